The Morgan fingerprint density at radius 3 is 2.52 bits per heavy atom. The van der Waals surface area contributed by atoms with Gasteiger partial charge in [0.05, 0.1) is 10.6 Å². The summed E-state index contributed by atoms with van der Waals surface area (Å²) in [6.07, 6.45) is 1.14. The molecule has 0 aliphatic heterocycles. The van der Waals surface area contributed by atoms with E-state index in [4.69, 9.17) is 0 Å². The number of nitro benzene ring substituents is 1. The lowest BCUT2D eigenvalue weighted by Gasteiger charge is -2.12. The number of benzene rings is 2. The highest BCUT2D eigenvalue weighted by Crippen LogP contribution is 2.28. The van der Waals surface area contributed by atoms with Gasteiger partial charge in [-0.25, -0.2) is 8.78 Å². The van der Waals surface area contributed by atoms with Crippen LogP contribution in [0.2, 0.25) is 0 Å². The third-order valence-corrected chi connectivity index (χ3v) is 3.53. The number of hydrogen-bond donors (Lipinski definition) is 1. The molecule has 0 unspecified atom stereocenters. The van der Waals surface area contributed by atoms with Gasteiger partial charge >= 0.3 is 0 Å². The minimum absolute atomic E-state index is 0.198. The highest BCUT2D eigenvalue weighted by molar-refractivity contribution is 6.09. The number of rotatable bonds is 5. The number of nitrogens with one attached hydrogen (secondary N) is 1. The third-order valence-electron chi connectivity index (χ3n) is 3.53. The molecule has 2 aromatic carbocycles. The van der Waals surface area contributed by atoms with Gasteiger partial charge < -0.3 is 10.2 Å². The Morgan fingerprint density at radius 1 is 1.26 bits per heavy atom. The van der Waals surface area contributed by atoms with Gasteiger partial charge in [-0.3, -0.25) is 14.9 Å². The number of nitriles is 1. The van der Waals surface area contributed by atoms with Crippen LogP contribution in [-0.4, -0.2) is 24.9 Å². The highest BCUT2D eigenvalue weighted by atomic mass is 19.1. The zero-order chi connectivity index (χ0) is 20.1. The predicted molar refractivity (Wildman–Crippen MR) is 96.0 cm³/mol. The molecule has 1 amide bonds. The normalized spacial score (nSPS) is 10.9. The first kappa shape index (κ1) is 19.5. The lowest BCUT2D eigenvalue weighted by Crippen LogP contribution is -2.14. The lowest BCUT2D eigenvalue weighted by molar-refractivity contribution is -0.384. The van der Waals surface area contributed by atoms with Crippen molar-refractivity contribution in [2.75, 3.05) is 24.3 Å². The zero-order valence-corrected chi connectivity index (χ0v) is 14.4. The van der Waals surface area contributed by atoms with E-state index in [1.165, 1.54) is 18.2 Å². The summed E-state index contributed by atoms with van der Waals surface area (Å²) in [5.41, 5.74) is -0.287. The second-order valence-corrected chi connectivity index (χ2v) is 5.65. The maximum absolute atomic E-state index is 13.6. The van der Waals surface area contributed by atoms with E-state index in [2.05, 4.69) is 5.32 Å². The smallest absolute Gasteiger partial charge is 0.293 e. The minimum Gasteiger partial charge on any atom is -0.372 e. The van der Waals surface area contributed by atoms with Gasteiger partial charge in [0.25, 0.3) is 11.6 Å². The number of halogens is 2. The van der Waals surface area contributed by atoms with Gasteiger partial charge in [0.15, 0.2) is 0 Å². The average molecular weight is 372 g/mol. The average Bonchev–Trinajstić information content (AvgIpc) is 2.61. The molecule has 138 valence electrons. The fourth-order valence-corrected chi connectivity index (χ4v) is 2.25. The summed E-state index contributed by atoms with van der Waals surface area (Å²) in [7, 11) is 3.28. The molecule has 1 N–H and O–H groups in total. The molecule has 7 nitrogen and oxygen atoms in total. The van der Waals surface area contributed by atoms with Crippen molar-refractivity contribution in [3.05, 3.63) is 69.3 Å². The molecule has 0 saturated carbocycles. The van der Waals surface area contributed by atoms with Gasteiger partial charge in [-0.15, -0.1) is 0 Å². The van der Waals surface area contributed by atoms with E-state index < -0.39 is 28.0 Å². The van der Waals surface area contributed by atoms with E-state index in [-0.39, 0.29) is 16.9 Å². The Kier molecular flexibility index (Phi) is 5.82. The van der Waals surface area contributed by atoms with Crippen molar-refractivity contribution in [2.24, 2.45) is 0 Å². The van der Waals surface area contributed by atoms with Crippen molar-refractivity contribution < 1.29 is 18.5 Å². The van der Waals surface area contributed by atoms with E-state index in [1.807, 2.05) is 0 Å². The molecule has 0 fully saturated rings. The Bertz CT molecular complexity index is 981. The van der Waals surface area contributed by atoms with Crippen LogP contribution in [0.4, 0.5) is 25.8 Å². The molecule has 2 rings (SSSR count). The maximum Gasteiger partial charge on any atom is 0.293 e. The first-order valence-corrected chi connectivity index (χ1v) is 7.57. The second kappa shape index (κ2) is 8.05. The van der Waals surface area contributed by atoms with Gasteiger partial charge in [-0.05, 0) is 29.8 Å². The van der Waals surface area contributed by atoms with Crippen molar-refractivity contribution in [2.45, 2.75) is 0 Å². The summed E-state index contributed by atoms with van der Waals surface area (Å²) >= 11 is 0. The molecule has 2 aromatic rings. The zero-order valence-electron chi connectivity index (χ0n) is 14.4. The molecule has 9 heteroatoms. The van der Waals surface area contributed by atoms with E-state index in [0.717, 1.165) is 18.2 Å². The van der Waals surface area contributed by atoms with Crippen LogP contribution >= 0.6 is 0 Å². The van der Waals surface area contributed by atoms with Crippen LogP contribution < -0.4 is 10.2 Å². The molecule has 0 radical (unpaired) electrons. The SMILES string of the molecule is CN(C)c1ccc(/C=C(\C#N)C(=O)Nc2ccc(F)cc2F)cc1[N+](=O)[O-]. The van der Waals surface area contributed by atoms with E-state index in [0.29, 0.717) is 11.8 Å². The van der Waals surface area contributed by atoms with E-state index >= 15 is 0 Å². The topological polar surface area (TPSA) is 99.3 Å². The third kappa shape index (κ3) is 4.64. The van der Waals surface area contributed by atoms with Gasteiger partial charge in [0, 0.05) is 26.2 Å². The van der Waals surface area contributed by atoms with Gasteiger partial charge in [0.2, 0.25) is 0 Å². The van der Waals surface area contributed by atoms with Crippen molar-refractivity contribution in [1.82, 2.24) is 0 Å². The molecule has 0 atom stereocenters. The number of anilines is 2. The molecular weight excluding hydrogens is 358 g/mol. The Hall–Kier alpha value is -3.80. The van der Waals surface area contributed by atoms with Crippen LogP contribution in [-0.2, 0) is 4.79 Å². The molecule has 0 spiro atoms. The fraction of sp³-hybridized carbons (Fsp3) is 0.111. The first-order valence-electron chi connectivity index (χ1n) is 7.57. The summed E-state index contributed by atoms with van der Waals surface area (Å²) in [6.45, 7) is 0. The van der Waals surface area contributed by atoms with Crippen LogP contribution in [0.1, 0.15) is 5.56 Å². The molecular formula is C18H14F2N4O3. The van der Waals surface area contributed by atoms with Gasteiger partial charge in [-0.1, -0.05) is 6.07 Å². The second-order valence-electron chi connectivity index (χ2n) is 5.65. The Morgan fingerprint density at radius 2 is 1.96 bits per heavy atom. The largest absolute Gasteiger partial charge is 0.372 e. The molecule has 0 aliphatic rings. The summed E-state index contributed by atoms with van der Waals surface area (Å²) in [5, 5.41) is 22.6. The summed E-state index contributed by atoms with van der Waals surface area (Å²) < 4.78 is 26.5. The molecule has 0 saturated heterocycles. The quantitative estimate of drug-likeness (QED) is 0.375. The predicted octanol–water partition coefficient (Wildman–Crippen LogP) is 3.48. The fourth-order valence-electron chi connectivity index (χ4n) is 2.25. The summed E-state index contributed by atoms with van der Waals surface area (Å²) in [6, 6.07) is 8.44. The monoisotopic (exact) mass is 372 g/mol. The molecule has 0 bridgehead atoms. The summed E-state index contributed by atoms with van der Waals surface area (Å²) in [4.78, 5) is 24.4. The van der Waals surface area contributed by atoms with Crippen molar-refractivity contribution in [3.8, 4) is 6.07 Å². The Balaban J connectivity index is 2.35. The molecule has 0 heterocycles. The van der Waals surface area contributed by atoms with Crippen LogP contribution in [0.15, 0.2) is 42.0 Å². The number of hydrogen-bond acceptors (Lipinski definition) is 5. The van der Waals surface area contributed by atoms with Gasteiger partial charge in [0.1, 0.15) is 29.0 Å². The number of amides is 1. The number of carbonyl (C=O) groups is 1. The van der Waals surface area contributed by atoms with E-state index in [9.17, 15) is 29.0 Å². The Labute approximate surface area is 153 Å². The van der Waals surface area contributed by atoms with Crippen LogP contribution in [0, 0.1) is 33.1 Å². The van der Waals surface area contributed by atoms with Crippen LogP contribution in [0.5, 0.6) is 0 Å². The number of nitrogens with zero attached hydrogens (tertiary/aromatic N) is 3. The van der Waals surface area contributed by atoms with Crippen LogP contribution in [0.25, 0.3) is 6.08 Å². The number of nitro groups is 1. The van der Waals surface area contributed by atoms with Crippen molar-refractivity contribution in [1.29, 1.82) is 5.26 Å². The number of carbonyl (C=O) groups excluding carboxylic acids is 1. The molecule has 0 aromatic heterocycles. The van der Waals surface area contributed by atoms with Crippen LogP contribution in [0.3, 0.4) is 0 Å². The van der Waals surface area contributed by atoms with Crippen molar-refractivity contribution >= 4 is 29.0 Å². The highest BCUT2D eigenvalue weighted by Gasteiger charge is 2.17. The van der Waals surface area contributed by atoms with Gasteiger partial charge in [-0.2, -0.15) is 5.26 Å². The standard InChI is InChI=1S/C18H14F2N4O3/c1-23(2)16-6-3-11(8-17(16)24(26)27)7-12(10-21)18(25)22-15-5-4-13(19)9-14(15)20/h3-9H,1-2H3,(H,22,25)/b12-7+. The van der Waals surface area contributed by atoms with Crippen molar-refractivity contribution in [3.63, 3.8) is 0 Å². The molecule has 27 heavy (non-hydrogen) atoms. The first-order chi connectivity index (χ1) is 12.7. The maximum atomic E-state index is 13.6. The summed E-state index contributed by atoms with van der Waals surface area (Å²) in [5.74, 6) is -2.73. The lowest BCUT2D eigenvalue weighted by atomic mass is 10.1. The minimum atomic E-state index is -0.994. The van der Waals surface area contributed by atoms with E-state index in [1.54, 1.807) is 25.1 Å². The molecule has 0 aliphatic carbocycles.